The molecule has 1 atom stereocenters. The number of benzene rings is 2. The number of aliphatic carboxylic acids is 1. The van der Waals surface area contributed by atoms with Crippen molar-refractivity contribution < 1.29 is 38.1 Å². The molecule has 1 unspecified atom stereocenters. The van der Waals surface area contributed by atoms with E-state index in [1.807, 2.05) is 0 Å². The molecule has 0 heterocycles. The van der Waals surface area contributed by atoms with Crippen LogP contribution >= 0.6 is 31.9 Å². The highest BCUT2D eigenvalue weighted by atomic mass is 79.9. The zero-order valence-electron chi connectivity index (χ0n) is 14.3. The molecule has 0 aliphatic rings. The highest BCUT2D eigenvalue weighted by Gasteiger charge is 2.31. The van der Waals surface area contributed by atoms with Gasteiger partial charge >= 0.3 is 17.6 Å². The monoisotopic (exact) mass is 552 g/mol. The Morgan fingerprint density at radius 2 is 1.57 bits per heavy atom. The molecule has 30 heavy (non-hydrogen) atoms. The lowest BCUT2D eigenvalue weighted by molar-refractivity contribution is -0.387. The Bertz CT molecular complexity index is 1080. The summed E-state index contributed by atoms with van der Waals surface area (Å²) in [5.41, 5.74) is -2.39. The zero-order chi connectivity index (χ0) is 22.7. The Balaban J connectivity index is 2.36. The van der Waals surface area contributed by atoms with E-state index in [2.05, 4.69) is 31.9 Å². The van der Waals surface area contributed by atoms with Crippen LogP contribution in [0.2, 0.25) is 0 Å². The number of hydrogen-bond donors (Lipinski definition) is 1. The van der Waals surface area contributed by atoms with Crippen molar-refractivity contribution >= 4 is 55.2 Å². The Labute approximate surface area is 182 Å². The fourth-order valence-electron chi connectivity index (χ4n) is 2.36. The second kappa shape index (κ2) is 9.21. The molecule has 0 aromatic heterocycles. The number of ether oxygens (including phenoxy) is 1. The summed E-state index contributed by atoms with van der Waals surface area (Å²) in [4.78, 5) is 43.7. The predicted molar refractivity (Wildman–Crippen MR) is 102 cm³/mol. The van der Waals surface area contributed by atoms with Gasteiger partial charge in [0.2, 0.25) is 11.9 Å². The number of nitrogens with zero attached hydrogens (tertiary/aromatic N) is 2. The minimum Gasteiger partial charge on any atom is -0.478 e. The van der Waals surface area contributed by atoms with Gasteiger partial charge in [0, 0.05) is 27.7 Å². The number of carboxylic acids is 1. The molecule has 2 rings (SSSR count). The van der Waals surface area contributed by atoms with Gasteiger partial charge in [0.25, 0.3) is 5.69 Å². The van der Waals surface area contributed by atoms with Gasteiger partial charge in [0.1, 0.15) is 5.82 Å². The molecule has 2 aromatic carbocycles. The third-order valence-corrected chi connectivity index (χ3v) is 4.97. The molecular weight excluding hydrogens is 546 g/mol. The van der Waals surface area contributed by atoms with E-state index in [0.717, 1.165) is 6.07 Å². The van der Waals surface area contributed by atoms with E-state index < -0.39 is 62.9 Å². The number of rotatable bonds is 7. The fourth-order valence-corrected chi connectivity index (χ4v) is 3.23. The Hall–Kier alpha value is -3.00. The van der Waals surface area contributed by atoms with Crippen LogP contribution in [0.15, 0.2) is 33.2 Å². The van der Waals surface area contributed by atoms with Gasteiger partial charge < -0.3 is 9.84 Å². The van der Waals surface area contributed by atoms with Gasteiger partial charge in [-0.2, -0.15) is 4.39 Å². The van der Waals surface area contributed by atoms with Crippen molar-refractivity contribution in [1.29, 1.82) is 0 Å². The Kier molecular flexibility index (Phi) is 7.15. The maximum Gasteiger partial charge on any atom is 0.349 e. The molecule has 14 heteroatoms. The molecule has 0 spiro atoms. The van der Waals surface area contributed by atoms with Crippen molar-refractivity contribution in [3.05, 3.63) is 76.2 Å². The number of halogens is 4. The molecule has 0 bridgehead atoms. The molecule has 0 fully saturated rings. The van der Waals surface area contributed by atoms with Crippen LogP contribution in [0.3, 0.4) is 0 Å². The normalized spacial score (nSPS) is 11.6. The first-order chi connectivity index (χ1) is 13.9. The van der Waals surface area contributed by atoms with Crippen LogP contribution in [-0.4, -0.2) is 26.9 Å². The van der Waals surface area contributed by atoms with E-state index in [4.69, 9.17) is 4.74 Å². The van der Waals surface area contributed by atoms with Gasteiger partial charge in [-0.3, -0.25) is 25.0 Å². The van der Waals surface area contributed by atoms with E-state index in [1.165, 1.54) is 0 Å². The summed E-state index contributed by atoms with van der Waals surface area (Å²) in [6, 6.07) is 2.75. The molecule has 158 valence electrons. The van der Waals surface area contributed by atoms with Crippen LogP contribution in [0.25, 0.3) is 0 Å². The molecule has 0 aliphatic heterocycles. The molecule has 0 saturated carbocycles. The molecule has 0 saturated heterocycles. The number of esters is 1. The Morgan fingerprint density at radius 1 is 1.00 bits per heavy atom. The number of hydrogen-bond acceptors (Lipinski definition) is 7. The van der Waals surface area contributed by atoms with Gasteiger partial charge in [-0.15, -0.1) is 0 Å². The van der Waals surface area contributed by atoms with Crippen molar-refractivity contribution in [2.75, 3.05) is 0 Å². The van der Waals surface area contributed by atoms with E-state index in [-0.39, 0.29) is 14.5 Å². The smallest absolute Gasteiger partial charge is 0.349 e. The molecule has 2 aromatic rings. The second-order valence-electron chi connectivity index (χ2n) is 5.62. The maximum atomic E-state index is 13.9. The fraction of sp³-hybridized carbons (Fsp3) is 0.125. The van der Waals surface area contributed by atoms with Crippen molar-refractivity contribution in [2.24, 2.45) is 0 Å². The molecule has 1 N–H and O–H groups in total. The van der Waals surface area contributed by atoms with Gasteiger partial charge in [-0.25, -0.2) is 9.18 Å². The zero-order valence-corrected chi connectivity index (χ0v) is 17.5. The van der Waals surface area contributed by atoms with Crippen molar-refractivity contribution in [1.82, 2.24) is 0 Å². The van der Waals surface area contributed by atoms with Gasteiger partial charge in [-0.05, 0) is 28.1 Å². The summed E-state index contributed by atoms with van der Waals surface area (Å²) < 4.78 is 31.9. The standard InChI is InChI=1S/C16H8Br2F2N2O8/c17-8-4-13(22(28)29)11(20)3-7(8)15(16(24)25)30-14(23)2-6-1-10(19)9(18)5-12(6)21(26)27/h1,3-5,15H,2H2,(H,24,25). The molecule has 0 radical (unpaired) electrons. The lowest BCUT2D eigenvalue weighted by Gasteiger charge is -2.16. The summed E-state index contributed by atoms with van der Waals surface area (Å²) in [6.07, 6.45) is -2.96. The van der Waals surface area contributed by atoms with E-state index >= 15 is 0 Å². The van der Waals surface area contributed by atoms with Crippen molar-refractivity contribution in [3.63, 3.8) is 0 Å². The second-order valence-corrected chi connectivity index (χ2v) is 7.33. The number of carboxylic acid groups (broad SMARTS) is 1. The number of nitro groups is 2. The minimum absolute atomic E-state index is 0.222. The van der Waals surface area contributed by atoms with Crippen molar-refractivity contribution in [3.8, 4) is 0 Å². The number of carbonyl (C=O) groups excluding carboxylic acids is 1. The first-order valence-corrected chi connectivity index (χ1v) is 9.18. The SMILES string of the molecule is O=C(Cc1cc(F)c(Br)cc1[N+](=O)[O-])OC(C(=O)O)c1cc(F)c([N+](=O)[O-])cc1Br. The average Bonchev–Trinajstić information content (AvgIpc) is 2.63. The van der Waals surface area contributed by atoms with Gasteiger partial charge in [0.05, 0.1) is 20.7 Å². The summed E-state index contributed by atoms with van der Waals surface area (Å²) in [6.45, 7) is 0. The Morgan fingerprint density at radius 3 is 2.10 bits per heavy atom. The van der Waals surface area contributed by atoms with E-state index in [9.17, 15) is 43.7 Å². The van der Waals surface area contributed by atoms with Crippen LogP contribution in [0.1, 0.15) is 17.2 Å². The average molecular weight is 554 g/mol. The lowest BCUT2D eigenvalue weighted by Crippen LogP contribution is -2.21. The molecule has 0 aliphatic carbocycles. The minimum atomic E-state index is -2.10. The lowest BCUT2D eigenvalue weighted by atomic mass is 10.1. The third kappa shape index (κ3) is 5.13. The first-order valence-electron chi connectivity index (χ1n) is 7.60. The molecule has 0 amide bonds. The van der Waals surface area contributed by atoms with Crippen LogP contribution in [0.4, 0.5) is 20.2 Å². The number of carbonyl (C=O) groups is 2. The maximum absolute atomic E-state index is 13.9. The largest absolute Gasteiger partial charge is 0.478 e. The van der Waals surface area contributed by atoms with Crippen LogP contribution in [0.5, 0.6) is 0 Å². The third-order valence-electron chi connectivity index (χ3n) is 3.67. The summed E-state index contributed by atoms with van der Waals surface area (Å²) >= 11 is 5.63. The molecule has 10 nitrogen and oxygen atoms in total. The van der Waals surface area contributed by atoms with Crippen LogP contribution < -0.4 is 0 Å². The van der Waals surface area contributed by atoms with Crippen molar-refractivity contribution in [2.45, 2.75) is 12.5 Å². The topological polar surface area (TPSA) is 150 Å². The first kappa shape index (κ1) is 23.3. The van der Waals surface area contributed by atoms with Crippen LogP contribution in [0, 0.1) is 31.9 Å². The quantitative estimate of drug-likeness (QED) is 0.304. The summed E-state index contributed by atoms with van der Waals surface area (Å²) in [5.74, 6) is -5.31. The van der Waals surface area contributed by atoms with Gasteiger partial charge in [0.15, 0.2) is 0 Å². The summed E-state index contributed by atoms with van der Waals surface area (Å²) in [7, 11) is 0. The molecular formula is C16H8Br2F2N2O8. The highest BCUT2D eigenvalue weighted by molar-refractivity contribution is 9.10. The van der Waals surface area contributed by atoms with E-state index in [1.54, 1.807) is 0 Å². The van der Waals surface area contributed by atoms with Gasteiger partial charge in [-0.1, -0.05) is 15.9 Å². The highest BCUT2D eigenvalue weighted by Crippen LogP contribution is 2.33. The summed E-state index contributed by atoms with van der Waals surface area (Å²) in [5, 5.41) is 31.2. The van der Waals surface area contributed by atoms with E-state index in [0.29, 0.717) is 18.2 Å². The number of nitro benzene ring substituents is 2. The van der Waals surface area contributed by atoms with Crippen LogP contribution in [-0.2, 0) is 20.7 Å². The predicted octanol–water partition coefficient (Wildman–Crippen LogP) is 4.22.